The standard InChI is InChI=1S/C18H19F3N2O4S/c1-4-26-13-5-6-15(11(2)9-13)23-8-7-14-16(10-12(3)22-17(14)23)27-28(24,25)18(19,20)21/h5-6,9-10H,4,7-8H2,1-3H3. The maximum absolute atomic E-state index is 12.7. The summed E-state index contributed by atoms with van der Waals surface area (Å²) in [5, 5.41) is 0. The third-order valence-electron chi connectivity index (χ3n) is 4.28. The van der Waals surface area contributed by atoms with Crippen molar-refractivity contribution >= 4 is 21.6 Å². The molecule has 0 unspecified atom stereocenters. The zero-order valence-corrected chi connectivity index (χ0v) is 16.3. The van der Waals surface area contributed by atoms with Gasteiger partial charge in [-0.2, -0.15) is 21.6 Å². The number of aromatic nitrogens is 1. The molecule has 2 heterocycles. The number of ether oxygens (including phenoxy) is 1. The maximum atomic E-state index is 12.7. The highest BCUT2D eigenvalue weighted by Gasteiger charge is 2.49. The minimum Gasteiger partial charge on any atom is -0.494 e. The molecule has 0 spiro atoms. The van der Waals surface area contributed by atoms with Crippen molar-refractivity contribution in [1.82, 2.24) is 4.98 Å². The van der Waals surface area contributed by atoms with Crippen LogP contribution in [-0.4, -0.2) is 32.1 Å². The van der Waals surface area contributed by atoms with E-state index in [1.54, 1.807) is 13.0 Å². The Morgan fingerprint density at radius 2 is 1.93 bits per heavy atom. The van der Waals surface area contributed by atoms with Gasteiger partial charge in [0.25, 0.3) is 0 Å². The minimum atomic E-state index is -5.75. The second-order valence-electron chi connectivity index (χ2n) is 6.33. The van der Waals surface area contributed by atoms with Gasteiger partial charge >= 0.3 is 15.6 Å². The average Bonchev–Trinajstić information content (AvgIpc) is 2.97. The number of hydrogen-bond donors (Lipinski definition) is 0. The van der Waals surface area contributed by atoms with Gasteiger partial charge in [0.2, 0.25) is 0 Å². The summed E-state index contributed by atoms with van der Waals surface area (Å²) in [6, 6.07) is 6.70. The number of alkyl halides is 3. The predicted octanol–water partition coefficient (Wildman–Crippen LogP) is 4.02. The van der Waals surface area contributed by atoms with E-state index >= 15 is 0 Å². The molecule has 1 aromatic carbocycles. The maximum Gasteiger partial charge on any atom is 0.534 e. The molecule has 0 saturated carbocycles. The van der Waals surface area contributed by atoms with Crippen LogP contribution in [0.4, 0.5) is 24.7 Å². The normalized spacial score (nSPS) is 14.1. The van der Waals surface area contributed by atoms with Crippen LogP contribution < -0.4 is 13.8 Å². The van der Waals surface area contributed by atoms with Crippen LogP contribution in [0.2, 0.25) is 0 Å². The second kappa shape index (κ2) is 7.16. The molecule has 0 N–H and O–H groups in total. The van der Waals surface area contributed by atoms with Gasteiger partial charge in [-0.1, -0.05) is 0 Å². The SMILES string of the molecule is CCOc1ccc(N2CCc3c(OS(=O)(=O)C(F)(F)F)cc(C)nc32)c(C)c1. The average molecular weight is 416 g/mol. The van der Waals surface area contributed by atoms with Crippen molar-refractivity contribution in [3.05, 3.63) is 41.1 Å². The van der Waals surface area contributed by atoms with Crippen molar-refractivity contribution in [3.63, 3.8) is 0 Å². The number of nitrogens with zero attached hydrogens (tertiary/aromatic N) is 2. The molecular formula is C18H19F3N2O4S. The molecule has 0 saturated heterocycles. The molecule has 0 fully saturated rings. The number of pyridine rings is 1. The largest absolute Gasteiger partial charge is 0.534 e. The van der Waals surface area contributed by atoms with Crippen LogP contribution in [-0.2, 0) is 16.5 Å². The zero-order chi connectivity index (χ0) is 20.7. The Hall–Kier alpha value is -2.49. The Morgan fingerprint density at radius 3 is 2.54 bits per heavy atom. The van der Waals surface area contributed by atoms with E-state index < -0.39 is 15.6 Å². The van der Waals surface area contributed by atoms with Crippen LogP contribution in [0.25, 0.3) is 0 Å². The van der Waals surface area contributed by atoms with Crippen molar-refractivity contribution in [2.24, 2.45) is 0 Å². The lowest BCUT2D eigenvalue weighted by Crippen LogP contribution is -2.28. The first-order valence-electron chi connectivity index (χ1n) is 8.55. The minimum absolute atomic E-state index is 0.304. The fourth-order valence-corrected chi connectivity index (χ4v) is 3.58. The van der Waals surface area contributed by atoms with Crippen LogP contribution in [0.3, 0.4) is 0 Å². The lowest BCUT2D eigenvalue weighted by molar-refractivity contribution is -0.0500. The molecule has 0 radical (unpaired) electrons. The fraction of sp³-hybridized carbons (Fsp3) is 0.389. The smallest absolute Gasteiger partial charge is 0.494 e. The molecule has 152 valence electrons. The Kier molecular flexibility index (Phi) is 5.18. The molecular weight excluding hydrogens is 397 g/mol. The first-order valence-corrected chi connectivity index (χ1v) is 9.96. The third-order valence-corrected chi connectivity index (χ3v) is 5.25. The summed E-state index contributed by atoms with van der Waals surface area (Å²) in [5.41, 5.74) is -3.12. The lowest BCUT2D eigenvalue weighted by atomic mass is 10.1. The van der Waals surface area contributed by atoms with Crippen molar-refractivity contribution < 1.29 is 30.5 Å². The van der Waals surface area contributed by atoms with Gasteiger partial charge in [0, 0.05) is 29.6 Å². The van der Waals surface area contributed by atoms with Crippen molar-refractivity contribution in [1.29, 1.82) is 0 Å². The first kappa shape index (κ1) is 20.2. The number of aryl methyl sites for hydroxylation is 2. The number of hydrogen-bond acceptors (Lipinski definition) is 6. The number of anilines is 2. The van der Waals surface area contributed by atoms with Gasteiger partial charge in [-0.25, -0.2) is 4.98 Å². The predicted molar refractivity (Wildman–Crippen MR) is 97.6 cm³/mol. The quantitative estimate of drug-likeness (QED) is 0.542. The first-order chi connectivity index (χ1) is 13.0. The zero-order valence-electron chi connectivity index (χ0n) is 15.5. The molecule has 0 bridgehead atoms. The summed E-state index contributed by atoms with van der Waals surface area (Å²) in [7, 11) is -5.75. The van der Waals surface area contributed by atoms with Crippen LogP contribution in [0.1, 0.15) is 23.7 Å². The number of rotatable bonds is 5. The highest BCUT2D eigenvalue weighted by Crippen LogP contribution is 2.41. The van der Waals surface area contributed by atoms with Gasteiger partial charge in [0.15, 0.2) is 5.75 Å². The van der Waals surface area contributed by atoms with E-state index in [4.69, 9.17) is 4.74 Å². The molecule has 1 aliphatic rings. The topological polar surface area (TPSA) is 68.7 Å². The number of fused-ring (bicyclic) bond motifs is 1. The van der Waals surface area contributed by atoms with Gasteiger partial charge in [-0.05, 0) is 51.0 Å². The third kappa shape index (κ3) is 3.73. The Balaban J connectivity index is 2.01. The van der Waals surface area contributed by atoms with E-state index in [0.29, 0.717) is 42.4 Å². The van der Waals surface area contributed by atoms with Gasteiger partial charge in [-0.15, -0.1) is 0 Å². The summed E-state index contributed by atoms with van der Waals surface area (Å²) < 4.78 is 70.9. The summed E-state index contributed by atoms with van der Waals surface area (Å²) in [4.78, 5) is 6.24. The molecule has 0 aliphatic carbocycles. The lowest BCUT2D eigenvalue weighted by Gasteiger charge is -2.22. The monoisotopic (exact) mass is 416 g/mol. The van der Waals surface area contributed by atoms with Crippen molar-refractivity contribution in [3.8, 4) is 11.5 Å². The van der Waals surface area contributed by atoms with Crippen LogP contribution >= 0.6 is 0 Å². The van der Waals surface area contributed by atoms with E-state index in [9.17, 15) is 21.6 Å². The summed E-state index contributed by atoms with van der Waals surface area (Å²) in [5.74, 6) is 0.756. The van der Waals surface area contributed by atoms with E-state index in [-0.39, 0.29) is 5.75 Å². The van der Waals surface area contributed by atoms with Gasteiger partial charge in [-0.3, -0.25) is 0 Å². The second-order valence-corrected chi connectivity index (χ2v) is 7.87. The van der Waals surface area contributed by atoms with Crippen LogP contribution in [0, 0.1) is 13.8 Å². The van der Waals surface area contributed by atoms with E-state index in [1.807, 2.05) is 30.9 Å². The highest BCUT2D eigenvalue weighted by atomic mass is 32.2. The fourth-order valence-electron chi connectivity index (χ4n) is 3.10. The van der Waals surface area contributed by atoms with E-state index in [1.165, 1.54) is 6.07 Å². The van der Waals surface area contributed by atoms with Gasteiger partial charge in [0.05, 0.1) is 6.61 Å². The van der Waals surface area contributed by atoms with Crippen molar-refractivity contribution in [2.45, 2.75) is 32.7 Å². The number of benzene rings is 1. The molecule has 2 aromatic rings. The molecule has 0 atom stereocenters. The van der Waals surface area contributed by atoms with Crippen LogP contribution in [0.15, 0.2) is 24.3 Å². The molecule has 6 nitrogen and oxygen atoms in total. The number of halogens is 3. The van der Waals surface area contributed by atoms with E-state index in [2.05, 4.69) is 9.17 Å². The molecule has 1 aliphatic heterocycles. The molecule has 3 rings (SSSR count). The van der Waals surface area contributed by atoms with E-state index in [0.717, 1.165) is 11.3 Å². The Morgan fingerprint density at radius 1 is 1.21 bits per heavy atom. The van der Waals surface area contributed by atoms with Gasteiger partial charge in [0.1, 0.15) is 11.6 Å². The van der Waals surface area contributed by atoms with Crippen LogP contribution in [0.5, 0.6) is 11.5 Å². The summed E-state index contributed by atoms with van der Waals surface area (Å²) in [6.45, 7) is 6.29. The highest BCUT2D eigenvalue weighted by molar-refractivity contribution is 7.88. The molecule has 0 amide bonds. The molecule has 28 heavy (non-hydrogen) atoms. The molecule has 10 heteroatoms. The summed E-state index contributed by atoms with van der Waals surface area (Å²) in [6.07, 6.45) is 0.304. The Labute approximate surface area is 161 Å². The van der Waals surface area contributed by atoms with Crippen molar-refractivity contribution in [2.75, 3.05) is 18.1 Å². The molecule has 1 aromatic heterocycles. The summed E-state index contributed by atoms with van der Waals surface area (Å²) >= 11 is 0. The van der Waals surface area contributed by atoms with Gasteiger partial charge < -0.3 is 13.8 Å². The Bertz CT molecular complexity index is 1010.